The summed E-state index contributed by atoms with van der Waals surface area (Å²) in [6, 6.07) is 12.2. The van der Waals surface area contributed by atoms with Gasteiger partial charge in [0.15, 0.2) is 0 Å². The van der Waals surface area contributed by atoms with Crippen LogP contribution in [-0.4, -0.2) is 10.1 Å². The highest BCUT2D eigenvalue weighted by Gasteiger charge is 2.03. The van der Waals surface area contributed by atoms with Crippen molar-refractivity contribution in [2.24, 2.45) is 0 Å². The van der Waals surface area contributed by atoms with Gasteiger partial charge in [0.1, 0.15) is 6.26 Å². The molecule has 4 nitrogen and oxygen atoms in total. The van der Waals surface area contributed by atoms with Gasteiger partial charge >= 0.3 is 0 Å². The predicted octanol–water partition coefficient (Wildman–Crippen LogP) is 2.82. The van der Waals surface area contributed by atoms with Gasteiger partial charge in [-0.15, -0.1) is 0 Å². The lowest BCUT2D eigenvalue weighted by Gasteiger charge is -2.08. The summed E-state index contributed by atoms with van der Waals surface area (Å²) in [6.45, 7) is 3.51. The van der Waals surface area contributed by atoms with E-state index in [0.29, 0.717) is 6.54 Å². The summed E-state index contributed by atoms with van der Waals surface area (Å²) in [5.41, 5.74) is 4.25. The van der Waals surface area contributed by atoms with Crippen molar-refractivity contribution in [2.75, 3.05) is 0 Å². The van der Waals surface area contributed by atoms with Crippen LogP contribution >= 0.6 is 0 Å². The van der Waals surface area contributed by atoms with Crippen molar-refractivity contribution < 1.29 is 4.52 Å². The van der Waals surface area contributed by atoms with Crippen LogP contribution in [0.4, 0.5) is 0 Å². The summed E-state index contributed by atoms with van der Waals surface area (Å²) in [7, 11) is 0. The third-order valence-electron chi connectivity index (χ3n) is 3.04. The molecule has 0 atom stereocenters. The quantitative estimate of drug-likeness (QED) is 0.776. The lowest BCUT2D eigenvalue weighted by molar-refractivity contribution is 0.408. The number of hydrogen-bond acceptors (Lipinski definition) is 4. The summed E-state index contributed by atoms with van der Waals surface area (Å²) in [5, 5.41) is 8.45. The Morgan fingerprint density at radius 1 is 1.16 bits per heavy atom. The van der Waals surface area contributed by atoms with E-state index in [1.807, 2.05) is 31.2 Å². The molecular weight excluding hydrogens is 238 g/mol. The highest BCUT2D eigenvalue weighted by molar-refractivity contribution is 5.82. The predicted molar refractivity (Wildman–Crippen MR) is 73.5 cm³/mol. The van der Waals surface area contributed by atoms with E-state index < -0.39 is 0 Å². The Bertz CT molecular complexity index is 677. The molecule has 0 radical (unpaired) electrons. The van der Waals surface area contributed by atoms with Crippen LogP contribution in [0.2, 0.25) is 0 Å². The average Bonchev–Trinajstić information content (AvgIpc) is 2.91. The number of pyridine rings is 1. The Balaban J connectivity index is 1.80. The molecule has 96 valence electrons. The Morgan fingerprint density at radius 3 is 2.89 bits per heavy atom. The van der Waals surface area contributed by atoms with Gasteiger partial charge in [0, 0.05) is 30.2 Å². The fraction of sp³-hybridized carbons (Fsp3) is 0.200. The maximum absolute atomic E-state index is 4.81. The van der Waals surface area contributed by atoms with Gasteiger partial charge in [-0.2, -0.15) is 0 Å². The zero-order valence-electron chi connectivity index (χ0n) is 10.8. The van der Waals surface area contributed by atoms with Crippen molar-refractivity contribution in [2.45, 2.75) is 20.0 Å². The summed E-state index contributed by atoms with van der Waals surface area (Å²) >= 11 is 0. The van der Waals surface area contributed by atoms with Gasteiger partial charge in [0.25, 0.3) is 0 Å². The summed E-state index contributed by atoms with van der Waals surface area (Å²) in [5.74, 6) is 0. The van der Waals surface area contributed by atoms with Crippen molar-refractivity contribution in [3.63, 3.8) is 0 Å². The van der Waals surface area contributed by atoms with E-state index in [9.17, 15) is 0 Å². The second-order valence-electron chi connectivity index (χ2n) is 4.53. The molecule has 0 aliphatic heterocycles. The number of aromatic nitrogens is 2. The molecule has 0 aliphatic rings. The molecule has 0 bridgehead atoms. The fourth-order valence-electron chi connectivity index (χ4n) is 2.20. The first-order chi connectivity index (χ1) is 9.33. The van der Waals surface area contributed by atoms with Crippen LogP contribution in [0.5, 0.6) is 0 Å². The number of hydrogen-bond donors (Lipinski definition) is 1. The molecular formula is C15H15N3O. The highest BCUT2D eigenvalue weighted by atomic mass is 16.5. The summed E-state index contributed by atoms with van der Waals surface area (Å²) < 4.78 is 4.81. The molecule has 1 aromatic carbocycles. The first-order valence-corrected chi connectivity index (χ1v) is 6.28. The first-order valence-electron chi connectivity index (χ1n) is 6.28. The van der Waals surface area contributed by atoms with E-state index in [-0.39, 0.29) is 0 Å². The van der Waals surface area contributed by atoms with Crippen LogP contribution in [0.1, 0.15) is 17.0 Å². The van der Waals surface area contributed by atoms with Crippen LogP contribution in [0.15, 0.2) is 47.2 Å². The van der Waals surface area contributed by atoms with Gasteiger partial charge in [-0.25, -0.2) is 0 Å². The van der Waals surface area contributed by atoms with E-state index in [1.54, 1.807) is 6.26 Å². The van der Waals surface area contributed by atoms with E-state index in [2.05, 4.69) is 27.6 Å². The summed E-state index contributed by atoms with van der Waals surface area (Å²) in [4.78, 5) is 4.54. The SMILES string of the molecule is Cc1cc(CNCc2ccon2)c2ccccc2n1. The van der Waals surface area contributed by atoms with Gasteiger partial charge < -0.3 is 9.84 Å². The zero-order chi connectivity index (χ0) is 13.1. The molecule has 0 saturated heterocycles. The van der Waals surface area contributed by atoms with Gasteiger partial charge in [-0.1, -0.05) is 23.4 Å². The molecule has 0 amide bonds. The van der Waals surface area contributed by atoms with E-state index >= 15 is 0 Å². The molecule has 4 heteroatoms. The number of aryl methyl sites for hydroxylation is 1. The number of benzene rings is 1. The molecule has 0 fully saturated rings. The van der Waals surface area contributed by atoms with E-state index in [1.165, 1.54) is 10.9 Å². The third kappa shape index (κ3) is 2.63. The highest BCUT2D eigenvalue weighted by Crippen LogP contribution is 2.18. The van der Waals surface area contributed by atoms with Crippen LogP contribution in [0.25, 0.3) is 10.9 Å². The zero-order valence-corrected chi connectivity index (χ0v) is 10.8. The Morgan fingerprint density at radius 2 is 2.05 bits per heavy atom. The van der Waals surface area contributed by atoms with Crippen LogP contribution in [-0.2, 0) is 13.1 Å². The van der Waals surface area contributed by atoms with Crippen LogP contribution in [0.3, 0.4) is 0 Å². The molecule has 19 heavy (non-hydrogen) atoms. The number of rotatable bonds is 4. The van der Waals surface area contributed by atoms with Gasteiger partial charge in [-0.05, 0) is 24.6 Å². The molecule has 1 N–H and O–H groups in total. The van der Waals surface area contributed by atoms with Crippen LogP contribution in [0, 0.1) is 6.92 Å². The smallest absolute Gasteiger partial charge is 0.124 e. The Labute approximate surface area is 111 Å². The monoisotopic (exact) mass is 253 g/mol. The minimum atomic E-state index is 0.701. The van der Waals surface area contributed by atoms with Crippen molar-refractivity contribution in [1.29, 1.82) is 0 Å². The standard InChI is InChI=1S/C15H15N3O/c1-11-8-12(9-16-10-13-6-7-19-18-13)14-4-2-3-5-15(14)17-11/h2-8,16H,9-10H2,1H3. The topological polar surface area (TPSA) is 51.0 Å². The Kier molecular flexibility index (Phi) is 3.25. The maximum Gasteiger partial charge on any atom is 0.124 e. The lowest BCUT2D eigenvalue weighted by atomic mass is 10.1. The molecule has 3 rings (SSSR count). The number of para-hydroxylation sites is 1. The normalized spacial score (nSPS) is 11.0. The second kappa shape index (κ2) is 5.20. The van der Waals surface area contributed by atoms with Crippen molar-refractivity contribution in [1.82, 2.24) is 15.5 Å². The molecule has 2 heterocycles. The molecule has 2 aromatic heterocycles. The molecule has 3 aromatic rings. The molecule has 0 aliphatic carbocycles. The molecule has 0 saturated carbocycles. The summed E-state index contributed by atoms with van der Waals surface area (Å²) in [6.07, 6.45) is 1.59. The average molecular weight is 253 g/mol. The van der Waals surface area contributed by atoms with Crippen molar-refractivity contribution in [3.8, 4) is 0 Å². The minimum Gasteiger partial charge on any atom is -0.364 e. The first kappa shape index (κ1) is 11.9. The Hall–Kier alpha value is -2.20. The lowest BCUT2D eigenvalue weighted by Crippen LogP contribution is -2.13. The van der Waals surface area contributed by atoms with Gasteiger partial charge in [0.2, 0.25) is 0 Å². The van der Waals surface area contributed by atoms with E-state index in [4.69, 9.17) is 4.52 Å². The molecule has 0 spiro atoms. The van der Waals surface area contributed by atoms with Crippen molar-refractivity contribution >= 4 is 10.9 Å². The molecule has 0 unspecified atom stereocenters. The number of nitrogens with one attached hydrogen (secondary N) is 1. The number of nitrogens with zero attached hydrogens (tertiary/aromatic N) is 2. The second-order valence-corrected chi connectivity index (χ2v) is 4.53. The van der Waals surface area contributed by atoms with Crippen LogP contribution < -0.4 is 5.32 Å². The van der Waals surface area contributed by atoms with Crippen molar-refractivity contribution in [3.05, 3.63) is 59.6 Å². The minimum absolute atomic E-state index is 0.701. The number of fused-ring (bicyclic) bond motifs is 1. The van der Waals surface area contributed by atoms with Gasteiger partial charge in [-0.3, -0.25) is 4.98 Å². The fourth-order valence-corrected chi connectivity index (χ4v) is 2.20. The third-order valence-corrected chi connectivity index (χ3v) is 3.04. The van der Waals surface area contributed by atoms with Gasteiger partial charge in [0.05, 0.1) is 11.2 Å². The maximum atomic E-state index is 4.81. The largest absolute Gasteiger partial charge is 0.364 e. The van der Waals surface area contributed by atoms with E-state index in [0.717, 1.165) is 23.4 Å².